The Kier molecular flexibility index (Phi) is 2.81. The summed E-state index contributed by atoms with van der Waals surface area (Å²) >= 11 is 0. The molecule has 1 aliphatic rings. The van der Waals surface area contributed by atoms with E-state index in [1.165, 1.54) is 54.6 Å². The molecule has 5 aromatic rings. The largest absolute Gasteiger partial charge is 0.0620 e. The molecule has 0 spiro atoms. The fourth-order valence-corrected chi connectivity index (χ4v) is 4.48. The van der Waals surface area contributed by atoms with Crippen LogP contribution < -0.4 is 0 Å². The predicted octanol–water partition coefficient (Wildman–Crippen LogP) is 6.64. The molecule has 26 heavy (non-hydrogen) atoms. The first-order valence-electron chi connectivity index (χ1n) is 9.28. The van der Waals surface area contributed by atoms with Gasteiger partial charge in [-0.1, -0.05) is 60.7 Å². The van der Waals surface area contributed by atoms with Crippen LogP contribution in [0.3, 0.4) is 0 Å². The fraction of sp³-hybridized carbons (Fsp3) is 0.0769. The van der Waals surface area contributed by atoms with Crippen LogP contribution in [0.1, 0.15) is 22.3 Å². The molecule has 0 aromatic heterocycles. The molecular weight excluding hydrogens is 312 g/mol. The van der Waals surface area contributed by atoms with Crippen LogP contribution in [0.4, 0.5) is 0 Å². The van der Waals surface area contributed by atoms with Gasteiger partial charge in [0.1, 0.15) is 0 Å². The molecule has 1 aliphatic carbocycles. The van der Waals surface area contributed by atoms with Crippen molar-refractivity contribution in [2.45, 2.75) is 12.8 Å². The monoisotopic (exact) mass is 330 g/mol. The lowest BCUT2D eigenvalue weighted by Gasteiger charge is -2.20. The second-order valence-corrected chi connectivity index (χ2v) is 7.49. The summed E-state index contributed by atoms with van der Waals surface area (Å²) in [5.74, 6) is 0. The maximum atomic E-state index is 2.41. The van der Waals surface area contributed by atoms with Gasteiger partial charge in [0.2, 0.25) is 0 Å². The lowest BCUT2D eigenvalue weighted by atomic mass is 9.84. The normalized spacial score (nSPS) is 13.1. The van der Waals surface area contributed by atoms with Gasteiger partial charge in [-0.2, -0.15) is 0 Å². The first-order chi connectivity index (χ1) is 12.8. The fourth-order valence-electron chi connectivity index (χ4n) is 4.48. The number of hydrogen-bond donors (Lipinski definition) is 0. The number of benzene rings is 5. The summed E-state index contributed by atoms with van der Waals surface area (Å²) in [4.78, 5) is 0. The van der Waals surface area contributed by atoms with Gasteiger partial charge < -0.3 is 0 Å². The molecule has 5 aromatic carbocycles. The molecule has 6 rings (SSSR count). The Morgan fingerprint density at radius 3 is 1.23 bits per heavy atom. The van der Waals surface area contributed by atoms with E-state index in [-0.39, 0.29) is 0 Å². The minimum Gasteiger partial charge on any atom is -0.0620 e. The lowest BCUT2D eigenvalue weighted by molar-refractivity contribution is 1.01. The Morgan fingerprint density at radius 2 is 0.731 bits per heavy atom. The molecule has 0 radical (unpaired) electrons. The van der Waals surface area contributed by atoms with Crippen molar-refractivity contribution in [2.75, 3.05) is 0 Å². The third kappa shape index (κ3) is 2.09. The van der Waals surface area contributed by atoms with Gasteiger partial charge in [0.15, 0.2) is 0 Å². The van der Waals surface area contributed by atoms with Crippen LogP contribution in [-0.4, -0.2) is 0 Å². The van der Waals surface area contributed by atoms with Crippen LogP contribution in [0.25, 0.3) is 32.3 Å². The summed E-state index contributed by atoms with van der Waals surface area (Å²) in [7, 11) is 0. The molecule has 0 aliphatic heterocycles. The lowest BCUT2D eigenvalue weighted by Crippen LogP contribution is -2.07. The minimum atomic E-state index is 1.05. The summed E-state index contributed by atoms with van der Waals surface area (Å²) in [6.45, 7) is 0. The smallest absolute Gasteiger partial charge is 0.00199 e. The van der Waals surface area contributed by atoms with Gasteiger partial charge in [-0.05, 0) is 91.7 Å². The first kappa shape index (κ1) is 14.1. The highest BCUT2D eigenvalue weighted by Crippen LogP contribution is 2.33. The van der Waals surface area contributed by atoms with Gasteiger partial charge in [0.25, 0.3) is 0 Å². The molecule has 0 amide bonds. The van der Waals surface area contributed by atoms with Crippen molar-refractivity contribution in [3.8, 4) is 0 Å². The van der Waals surface area contributed by atoms with E-state index in [1.807, 2.05) is 0 Å². The molecule has 0 fully saturated rings. The molecule has 0 atom stereocenters. The van der Waals surface area contributed by atoms with Gasteiger partial charge in [-0.15, -0.1) is 0 Å². The molecule has 0 saturated carbocycles. The van der Waals surface area contributed by atoms with Crippen LogP contribution in [0.15, 0.2) is 84.9 Å². The SMILES string of the molecule is c1ccc2c(c1)Cc1cc3cc4cc5ccccc5cc4cc3cc1C2. The third-order valence-electron chi connectivity index (χ3n) is 5.86. The molecule has 0 N–H and O–H groups in total. The van der Waals surface area contributed by atoms with Gasteiger partial charge >= 0.3 is 0 Å². The van der Waals surface area contributed by atoms with E-state index in [0.29, 0.717) is 0 Å². The second-order valence-electron chi connectivity index (χ2n) is 7.49. The van der Waals surface area contributed by atoms with Crippen molar-refractivity contribution in [2.24, 2.45) is 0 Å². The van der Waals surface area contributed by atoms with Crippen molar-refractivity contribution in [1.82, 2.24) is 0 Å². The molecule has 0 heterocycles. The Labute approximate surface area is 152 Å². The predicted molar refractivity (Wildman–Crippen MR) is 111 cm³/mol. The molecule has 0 saturated heterocycles. The van der Waals surface area contributed by atoms with Crippen molar-refractivity contribution in [3.63, 3.8) is 0 Å². The van der Waals surface area contributed by atoms with Crippen LogP contribution >= 0.6 is 0 Å². The molecule has 0 nitrogen and oxygen atoms in total. The highest BCUT2D eigenvalue weighted by atomic mass is 14.2. The highest BCUT2D eigenvalue weighted by Gasteiger charge is 2.15. The Morgan fingerprint density at radius 1 is 0.346 bits per heavy atom. The molecule has 122 valence electrons. The zero-order chi connectivity index (χ0) is 17.1. The van der Waals surface area contributed by atoms with Crippen molar-refractivity contribution in [3.05, 3.63) is 107 Å². The highest BCUT2D eigenvalue weighted by molar-refractivity contribution is 6.05. The van der Waals surface area contributed by atoms with Crippen molar-refractivity contribution in [1.29, 1.82) is 0 Å². The summed E-state index contributed by atoms with van der Waals surface area (Å²) in [5, 5.41) is 7.98. The minimum absolute atomic E-state index is 1.05. The Bertz CT molecular complexity index is 1220. The van der Waals surface area contributed by atoms with Crippen molar-refractivity contribution < 1.29 is 0 Å². The summed E-state index contributed by atoms with van der Waals surface area (Å²) in [5.41, 5.74) is 5.92. The molecule has 0 unspecified atom stereocenters. The van der Waals surface area contributed by atoms with Crippen molar-refractivity contribution >= 4 is 32.3 Å². The van der Waals surface area contributed by atoms with Crippen LogP contribution in [0.2, 0.25) is 0 Å². The second kappa shape index (κ2) is 5.19. The van der Waals surface area contributed by atoms with Gasteiger partial charge in [-0.25, -0.2) is 0 Å². The topological polar surface area (TPSA) is 0 Å². The van der Waals surface area contributed by atoms with Gasteiger partial charge in [0, 0.05) is 0 Å². The van der Waals surface area contributed by atoms with Crippen LogP contribution in [-0.2, 0) is 12.8 Å². The van der Waals surface area contributed by atoms with Gasteiger partial charge in [-0.3, -0.25) is 0 Å². The quantitative estimate of drug-likeness (QED) is 0.274. The van der Waals surface area contributed by atoms with E-state index in [0.717, 1.165) is 12.8 Å². The standard InChI is InChI=1S/C26H18/c1-2-6-18-10-22-14-26-16-24-12-20-8-4-3-7-19(20)11-23(24)15-25(26)13-21(22)9-17(18)5-1/h1-10,13-16H,11-12H2. The van der Waals surface area contributed by atoms with E-state index in [4.69, 9.17) is 0 Å². The Balaban J connectivity index is 1.59. The van der Waals surface area contributed by atoms with Crippen LogP contribution in [0, 0.1) is 0 Å². The summed E-state index contributed by atoms with van der Waals surface area (Å²) < 4.78 is 0. The molecular formula is C26H18. The van der Waals surface area contributed by atoms with E-state index in [1.54, 1.807) is 0 Å². The van der Waals surface area contributed by atoms with E-state index in [2.05, 4.69) is 84.9 Å². The number of fused-ring (bicyclic) bond motifs is 5. The first-order valence-corrected chi connectivity index (χ1v) is 9.28. The van der Waals surface area contributed by atoms with E-state index in [9.17, 15) is 0 Å². The number of hydrogen-bond acceptors (Lipinski definition) is 0. The van der Waals surface area contributed by atoms with E-state index < -0.39 is 0 Å². The van der Waals surface area contributed by atoms with Gasteiger partial charge in [0.05, 0.1) is 0 Å². The van der Waals surface area contributed by atoms with E-state index >= 15 is 0 Å². The number of rotatable bonds is 0. The zero-order valence-electron chi connectivity index (χ0n) is 14.5. The average molecular weight is 330 g/mol. The zero-order valence-corrected chi connectivity index (χ0v) is 14.5. The average Bonchev–Trinajstić information content (AvgIpc) is 2.67. The summed E-state index contributed by atoms with van der Waals surface area (Å²) in [6.07, 6.45) is 2.11. The third-order valence-corrected chi connectivity index (χ3v) is 5.86. The molecule has 0 bridgehead atoms. The summed E-state index contributed by atoms with van der Waals surface area (Å²) in [6, 6.07) is 31.7. The maximum Gasteiger partial charge on any atom is -0.00199 e. The Hall–Kier alpha value is -3.12. The molecule has 0 heteroatoms. The van der Waals surface area contributed by atoms with Crippen LogP contribution in [0.5, 0.6) is 0 Å². The maximum absolute atomic E-state index is 2.41.